The Kier molecular flexibility index (Phi) is 5.45. The molecule has 0 aliphatic heterocycles. The standard InChI is InChI=1S/C15H21F3O2/c1-5-11(2)20-13-9-7-6-8-12(13)14(3,19-4)10-15(16,17)18/h6-9,11H,5,10H2,1-4H3. The Labute approximate surface area is 117 Å². The minimum absolute atomic E-state index is 0.0665. The fourth-order valence-electron chi connectivity index (χ4n) is 1.97. The predicted octanol–water partition coefficient (Wildman–Crippen LogP) is 4.68. The lowest BCUT2D eigenvalue weighted by Gasteiger charge is -2.31. The molecule has 0 aromatic heterocycles. The summed E-state index contributed by atoms with van der Waals surface area (Å²) >= 11 is 0. The fraction of sp³-hybridized carbons (Fsp3) is 0.600. The van der Waals surface area contributed by atoms with Crippen LogP contribution in [0.25, 0.3) is 0 Å². The van der Waals surface area contributed by atoms with E-state index < -0.39 is 18.2 Å². The average Bonchev–Trinajstić information content (AvgIpc) is 2.37. The van der Waals surface area contributed by atoms with Crippen molar-refractivity contribution in [3.05, 3.63) is 29.8 Å². The van der Waals surface area contributed by atoms with Crippen LogP contribution in [0.5, 0.6) is 5.75 Å². The van der Waals surface area contributed by atoms with Gasteiger partial charge in [-0.2, -0.15) is 13.2 Å². The number of methoxy groups -OCH3 is 1. The van der Waals surface area contributed by atoms with Crippen molar-refractivity contribution in [2.45, 2.75) is 51.5 Å². The molecule has 0 spiro atoms. The Hall–Kier alpha value is -1.23. The van der Waals surface area contributed by atoms with E-state index in [-0.39, 0.29) is 6.10 Å². The summed E-state index contributed by atoms with van der Waals surface area (Å²) in [5.41, 5.74) is -1.04. The first-order chi connectivity index (χ1) is 9.22. The molecule has 2 nitrogen and oxygen atoms in total. The Morgan fingerprint density at radius 2 is 1.80 bits per heavy atom. The molecule has 0 saturated heterocycles. The molecule has 0 fully saturated rings. The molecule has 1 rings (SSSR count). The fourth-order valence-corrected chi connectivity index (χ4v) is 1.97. The number of halogens is 3. The normalized spacial score (nSPS) is 16.6. The first-order valence-corrected chi connectivity index (χ1v) is 6.60. The first-order valence-electron chi connectivity index (χ1n) is 6.60. The van der Waals surface area contributed by atoms with E-state index in [1.807, 2.05) is 13.8 Å². The summed E-state index contributed by atoms with van der Waals surface area (Å²) in [5.74, 6) is 0.440. The summed E-state index contributed by atoms with van der Waals surface area (Å²) in [7, 11) is 1.28. The lowest BCUT2D eigenvalue weighted by atomic mass is 9.91. The number of hydrogen-bond acceptors (Lipinski definition) is 2. The van der Waals surface area contributed by atoms with Gasteiger partial charge in [-0.1, -0.05) is 25.1 Å². The van der Waals surface area contributed by atoms with Crippen LogP contribution in [0.2, 0.25) is 0 Å². The minimum atomic E-state index is -4.31. The first kappa shape index (κ1) is 16.8. The summed E-state index contributed by atoms with van der Waals surface area (Å²) < 4.78 is 49.2. The van der Waals surface area contributed by atoms with Crippen molar-refractivity contribution >= 4 is 0 Å². The van der Waals surface area contributed by atoms with E-state index in [9.17, 15) is 13.2 Å². The Bertz CT molecular complexity index is 431. The summed E-state index contributed by atoms with van der Waals surface area (Å²) in [6.45, 7) is 5.27. The molecule has 0 N–H and O–H groups in total. The topological polar surface area (TPSA) is 18.5 Å². The quantitative estimate of drug-likeness (QED) is 0.757. The molecular weight excluding hydrogens is 269 g/mol. The van der Waals surface area contributed by atoms with Crippen LogP contribution in [0.15, 0.2) is 24.3 Å². The maximum Gasteiger partial charge on any atom is 0.392 e. The molecule has 0 saturated carbocycles. The monoisotopic (exact) mass is 290 g/mol. The predicted molar refractivity (Wildman–Crippen MR) is 71.9 cm³/mol. The van der Waals surface area contributed by atoms with Gasteiger partial charge in [-0.05, 0) is 26.3 Å². The number of alkyl halides is 3. The van der Waals surface area contributed by atoms with Crippen molar-refractivity contribution in [1.82, 2.24) is 0 Å². The van der Waals surface area contributed by atoms with E-state index in [1.165, 1.54) is 14.0 Å². The van der Waals surface area contributed by atoms with Crippen molar-refractivity contribution in [2.75, 3.05) is 7.11 Å². The van der Waals surface area contributed by atoms with Gasteiger partial charge in [0, 0.05) is 12.7 Å². The second kappa shape index (κ2) is 6.48. The molecule has 1 aromatic carbocycles. The Morgan fingerprint density at radius 1 is 1.20 bits per heavy atom. The van der Waals surface area contributed by atoms with Gasteiger partial charge >= 0.3 is 6.18 Å². The van der Waals surface area contributed by atoms with Gasteiger partial charge in [0.2, 0.25) is 0 Å². The molecule has 114 valence electrons. The second-order valence-electron chi connectivity index (χ2n) is 5.06. The van der Waals surface area contributed by atoms with Gasteiger partial charge in [-0.25, -0.2) is 0 Å². The van der Waals surface area contributed by atoms with E-state index in [1.54, 1.807) is 24.3 Å². The zero-order valence-electron chi connectivity index (χ0n) is 12.3. The molecular formula is C15H21F3O2. The van der Waals surface area contributed by atoms with Crippen LogP contribution < -0.4 is 4.74 Å². The van der Waals surface area contributed by atoms with Gasteiger partial charge in [0.15, 0.2) is 0 Å². The van der Waals surface area contributed by atoms with E-state index in [4.69, 9.17) is 9.47 Å². The molecule has 20 heavy (non-hydrogen) atoms. The molecule has 0 heterocycles. The van der Waals surface area contributed by atoms with Gasteiger partial charge in [-0.15, -0.1) is 0 Å². The van der Waals surface area contributed by atoms with Gasteiger partial charge < -0.3 is 9.47 Å². The third-order valence-electron chi connectivity index (χ3n) is 3.35. The average molecular weight is 290 g/mol. The highest BCUT2D eigenvalue weighted by Gasteiger charge is 2.42. The highest BCUT2D eigenvalue weighted by Crippen LogP contribution is 2.41. The Morgan fingerprint density at radius 3 is 2.30 bits per heavy atom. The van der Waals surface area contributed by atoms with Crippen LogP contribution in [0, 0.1) is 0 Å². The highest BCUT2D eigenvalue weighted by molar-refractivity contribution is 5.38. The lowest BCUT2D eigenvalue weighted by molar-refractivity contribution is -0.182. The third-order valence-corrected chi connectivity index (χ3v) is 3.35. The second-order valence-corrected chi connectivity index (χ2v) is 5.06. The van der Waals surface area contributed by atoms with E-state index >= 15 is 0 Å². The van der Waals surface area contributed by atoms with Gasteiger partial charge in [0.1, 0.15) is 11.4 Å². The largest absolute Gasteiger partial charge is 0.490 e. The van der Waals surface area contributed by atoms with Crippen molar-refractivity contribution < 1.29 is 22.6 Å². The van der Waals surface area contributed by atoms with Gasteiger partial charge in [0.05, 0.1) is 12.5 Å². The van der Waals surface area contributed by atoms with E-state index in [0.29, 0.717) is 11.3 Å². The molecule has 5 heteroatoms. The number of benzene rings is 1. The van der Waals surface area contributed by atoms with E-state index in [0.717, 1.165) is 6.42 Å². The molecule has 0 amide bonds. The summed E-state index contributed by atoms with van der Waals surface area (Å²) in [6, 6.07) is 6.72. The zero-order valence-corrected chi connectivity index (χ0v) is 12.3. The minimum Gasteiger partial charge on any atom is -0.490 e. The zero-order chi connectivity index (χ0) is 15.4. The molecule has 2 unspecified atom stereocenters. The third kappa shape index (κ3) is 4.40. The molecule has 1 aromatic rings. The van der Waals surface area contributed by atoms with Crippen molar-refractivity contribution in [2.24, 2.45) is 0 Å². The van der Waals surface area contributed by atoms with Crippen molar-refractivity contribution in [3.8, 4) is 5.75 Å². The number of ether oxygens (including phenoxy) is 2. The summed E-state index contributed by atoms with van der Waals surface area (Å²) in [5, 5.41) is 0. The highest BCUT2D eigenvalue weighted by atomic mass is 19.4. The van der Waals surface area contributed by atoms with Crippen LogP contribution in [0.1, 0.15) is 39.2 Å². The molecule has 0 aliphatic rings. The SMILES string of the molecule is CCC(C)Oc1ccccc1C(C)(CC(F)(F)F)OC. The van der Waals surface area contributed by atoms with Gasteiger partial charge in [0.25, 0.3) is 0 Å². The van der Waals surface area contributed by atoms with Crippen molar-refractivity contribution in [3.63, 3.8) is 0 Å². The van der Waals surface area contributed by atoms with E-state index in [2.05, 4.69) is 0 Å². The van der Waals surface area contributed by atoms with Crippen LogP contribution in [0.3, 0.4) is 0 Å². The van der Waals surface area contributed by atoms with Crippen LogP contribution in [-0.2, 0) is 10.3 Å². The maximum atomic E-state index is 12.8. The summed E-state index contributed by atoms with van der Waals surface area (Å²) in [6.07, 6.45) is -4.66. The van der Waals surface area contributed by atoms with Crippen LogP contribution in [0.4, 0.5) is 13.2 Å². The molecule has 0 bridgehead atoms. The number of rotatable bonds is 6. The maximum absolute atomic E-state index is 12.8. The molecule has 2 atom stereocenters. The van der Waals surface area contributed by atoms with Crippen LogP contribution in [-0.4, -0.2) is 19.4 Å². The lowest BCUT2D eigenvalue weighted by Crippen LogP contribution is -2.32. The number of hydrogen-bond donors (Lipinski definition) is 0. The number of para-hydroxylation sites is 1. The van der Waals surface area contributed by atoms with Crippen molar-refractivity contribution in [1.29, 1.82) is 0 Å². The van der Waals surface area contributed by atoms with Gasteiger partial charge in [-0.3, -0.25) is 0 Å². The summed E-state index contributed by atoms with van der Waals surface area (Å²) in [4.78, 5) is 0. The van der Waals surface area contributed by atoms with Crippen LogP contribution >= 0.6 is 0 Å². The molecule has 0 radical (unpaired) electrons. The smallest absolute Gasteiger partial charge is 0.392 e. The Balaban J connectivity index is 3.15. The molecule has 0 aliphatic carbocycles.